The van der Waals surface area contributed by atoms with E-state index in [4.69, 9.17) is 4.98 Å². The fraction of sp³-hybridized carbons (Fsp3) is 0.353. The predicted octanol–water partition coefficient (Wildman–Crippen LogP) is 2.33. The molecule has 4 rings (SSSR count). The maximum Gasteiger partial charge on any atom is 0.0729 e. The van der Waals surface area contributed by atoms with Gasteiger partial charge in [0.1, 0.15) is 0 Å². The Morgan fingerprint density at radius 2 is 2.05 bits per heavy atom. The second kappa shape index (κ2) is 4.60. The zero-order chi connectivity index (χ0) is 13.4. The summed E-state index contributed by atoms with van der Waals surface area (Å²) >= 11 is 0. The van der Waals surface area contributed by atoms with Gasteiger partial charge in [0.25, 0.3) is 0 Å². The Hall–Kier alpha value is -1.87. The van der Waals surface area contributed by atoms with Gasteiger partial charge in [-0.25, -0.2) is 0 Å². The van der Waals surface area contributed by atoms with Gasteiger partial charge in [-0.2, -0.15) is 0 Å². The molecule has 2 aliphatic heterocycles. The molecule has 1 N–H and O–H groups in total. The third-order valence-electron chi connectivity index (χ3n) is 4.58. The van der Waals surface area contributed by atoms with Crippen LogP contribution in [0.4, 0.5) is 5.69 Å². The van der Waals surface area contributed by atoms with E-state index in [-0.39, 0.29) is 5.41 Å². The standard InChI is InChI=1S/C17H19N3/c1-2-5-14(6-3-1)11-20-13-17(8-10-18-12-17)16-15(20)7-4-9-19-16/h1-7,9,18H,8,10-13H2. The average molecular weight is 265 g/mol. The summed E-state index contributed by atoms with van der Waals surface area (Å²) in [6, 6.07) is 15.0. The lowest BCUT2D eigenvalue weighted by Gasteiger charge is -2.24. The van der Waals surface area contributed by atoms with Crippen LogP contribution in [-0.2, 0) is 12.0 Å². The molecule has 2 aromatic rings. The van der Waals surface area contributed by atoms with Gasteiger partial charge in [0.05, 0.1) is 11.4 Å². The molecular formula is C17H19N3. The van der Waals surface area contributed by atoms with Crippen molar-refractivity contribution in [3.63, 3.8) is 0 Å². The van der Waals surface area contributed by atoms with Crippen molar-refractivity contribution in [1.29, 1.82) is 0 Å². The molecule has 0 amide bonds. The van der Waals surface area contributed by atoms with Gasteiger partial charge in [-0.1, -0.05) is 30.3 Å². The Kier molecular flexibility index (Phi) is 2.74. The maximum atomic E-state index is 4.70. The summed E-state index contributed by atoms with van der Waals surface area (Å²) in [6.07, 6.45) is 3.13. The van der Waals surface area contributed by atoms with Gasteiger partial charge in [-0.3, -0.25) is 4.98 Å². The van der Waals surface area contributed by atoms with E-state index >= 15 is 0 Å². The number of benzene rings is 1. The van der Waals surface area contributed by atoms with E-state index in [1.807, 2.05) is 6.20 Å². The van der Waals surface area contributed by atoms with Crippen molar-refractivity contribution in [2.45, 2.75) is 18.4 Å². The summed E-state index contributed by atoms with van der Waals surface area (Å²) in [4.78, 5) is 7.20. The number of hydrogen-bond acceptors (Lipinski definition) is 3. The van der Waals surface area contributed by atoms with E-state index < -0.39 is 0 Å². The van der Waals surface area contributed by atoms with Gasteiger partial charge >= 0.3 is 0 Å². The summed E-state index contributed by atoms with van der Waals surface area (Å²) in [7, 11) is 0. The van der Waals surface area contributed by atoms with Crippen molar-refractivity contribution in [2.75, 3.05) is 24.5 Å². The molecule has 0 bridgehead atoms. The molecule has 1 unspecified atom stereocenters. The van der Waals surface area contributed by atoms with Crippen molar-refractivity contribution in [3.8, 4) is 0 Å². The van der Waals surface area contributed by atoms with Gasteiger partial charge in [0.15, 0.2) is 0 Å². The molecule has 2 aliphatic rings. The van der Waals surface area contributed by atoms with Crippen LogP contribution in [0.1, 0.15) is 17.7 Å². The SMILES string of the molecule is c1ccc(CN2CC3(CCNC3)c3ncccc32)cc1. The molecule has 1 fully saturated rings. The predicted molar refractivity (Wildman–Crippen MR) is 80.9 cm³/mol. The van der Waals surface area contributed by atoms with Crippen LogP contribution in [0.25, 0.3) is 0 Å². The van der Waals surface area contributed by atoms with Gasteiger partial charge in [0.2, 0.25) is 0 Å². The zero-order valence-corrected chi connectivity index (χ0v) is 11.5. The largest absolute Gasteiger partial charge is 0.365 e. The lowest BCUT2D eigenvalue weighted by atomic mass is 9.85. The Balaban J connectivity index is 1.69. The Labute approximate surface area is 119 Å². The maximum absolute atomic E-state index is 4.70. The van der Waals surface area contributed by atoms with Crippen LogP contribution in [0.5, 0.6) is 0 Å². The molecule has 1 saturated heterocycles. The van der Waals surface area contributed by atoms with Crippen LogP contribution in [0.3, 0.4) is 0 Å². The number of anilines is 1. The third-order valence-corrected chi connectivity index (χ3v) is 4.58. The smallest absolute Gasteiger partial charge is 0.0729 e. The first-order valence-corrected chi connectivity index (χ1v) is 7.33. The molecule has 102 valence electrons. The molecule has 3 heteroatoms. The highest BCUT2D eigenvalue weighted by Crippen LogP contribution is 2.43. The number of hydrogen-bond donors (Lipinski definition) is 1. The number of fused-ring (bicyclic) bond motifs is 2. The van der Waals surface area contributed by atoms with Crippen LogP contribution in [-0.4, -0.2) is 24.6 Å². The van der Waals surface area contributed by atoms with Crippen molar-refractivity contribution in [1.82, 2.24) is 10.3 Å². The minimum Gasteiger partial charge on any atom is -0.365 e. The topological polar surface area (TPSA) is 28.2 Å². The summed E-state index contributed by atoms with van der Waals surface area (Å²) in [5.74, 6) is 0. The molecule has 1 spiro atoms. The van der Waals surface area contributed by atoms with Crippen LogP contribution in [0.15, 0.2) is 48.7 Å². The second-order valence-corrected chi connectivity index (χ2v) is 5.92. The van der Waals surface area contributed by atoms with Gasteiger partial charge in [0, 0.05) is 31.2 Å². The van der Waals surface area contributed by atoms with Crippen LogP contribution < -0.4 is 10.2 Å². The van der Waals surface area contributed by atoms with Crippen molar-refractivity contribution in [2.24, 2.45) is 0 Å². The van der Waals surface area contributed by atoms with E-state index in [1.54, 1.807) is 0 Å². The highest BCUT2D eigenvalue weighted by Gasteiger charge is 2.45. The fourth-order valence-corrected chi connectivity index (χ4v) is 3.61. The first-order valence-electron chi connectivity index (χ1n) is 7.33. The number of rotatable bonds is 2. The molecule has 3 heterocycles. The molecule has 0 saturated carbocycles. The molecule has 0 aliphatic carbocycles. The minimum atomic E-state index is 0.228. The third kappa shape index (κ3) is 1.81. The molecule has 1 atom stereocenters. The molecule has 1 aromatic heterocycles. The number of nitrogens with zero attached hydrogens (tertiary/aromatic N) is 2. The zero-order valence-electron chi connectivity index (χ0n) is 11.5. The van der Waals surface area contributed by atoms with Crippen LogP contribution in [0, 0.1) is 0 Å². The lowest BCUT2D eigenvalue weighted by molar-refractivity contribution is 0.484. The van der Waals surface area contributed by atoms with E-state index in [1.165, 1.54) is 23.4 Å². The normalized spacial score (nSPS) is 24.3. The van der Waals surface area contributed by atoms with Crippen LogP contribution >= 0.6 is 0 Å². The first kappa shape index (κ1) is 11.9. The highest BCUT2D eigenvalue weighted by molar-refractivity contribution is 5.60. The molecule has 3 nitrogen and oxygen atoms in total. The van der Waals surface area contributed by atoms with Gasteiger partial charge in [-0.15, -0.1) is 0 Å². The quantitative estimate of drug-likeness (QED) is 0.903. The van der Waals surface area contributed by atoms with E-state index in [0.717, 1.165) is 26.2 Å². The van der Waals surface area contributed by atoms with Crippen molar-refractivity contribution in [3.05, 3.63) is 59.9 Å². The lowest BCUT2D eigenvalue weighted by Crippen LogP contribution is -2.35. The first-order chi connectivity index (χ1) is 9.87. The summed E-state index contributed by atoms with van der Waals surface area (Å²) in [5.41, 5.74) is 4.21. The van der Waals surface area contributed by atoms with E-state index in [9.17, 15) is 0 Å². The molecule has 20 heavy (non-hydrogen) atoms. The average Bonchev–Trinajstić information content (AvgIpc) is 3.08. The number of aromatic nitrogens is 1. The Morgan fingerprint density at radius 3 is 2.85 bits per heavy atom. The molecular weight excluding hydrogens is 246 g/mol. The Morgan fingerprint density at radius 1 is 1.15 bits per heavy atom. The van der Waals surface area contributed by atoms with Crippen molar-refractivity contribution < 1.29 is 0 Å². The van der Waals surface area contributed by atoms with E-state index in [2.05, 4.69) is 52.7 Å². The van der Waals surface area contributed by atoms with E-state index in [0.29, 0.717) is 0 Å². The van der Waals surface area contributed by atoms with Gasteiger partial charge < -0.3 is 10.2 Å². The second-order valence-electron chi connectivity index (χ2n) is 5.92. The van der Waals surface area contributed by atoms with Crippen molar-refractivity contribution >= 4 is 5.69 Å². The number of pyridine rings is 1. The summed E-state index contributed by atoms with van der Waals surface area (Å²) in [6.45, 7) is 4.22. The molecule has 0 radical (unpaired) electrons. The Bertz CT molecular complexity index is 603. The minimum absolute atomic E-state index is 0.228. The van der Waals surface area contributed by atoms with Gasteiger partial charge in [-0.05, 0) is 30.7 Å². The summed E-state index contributed by atoms with van der Waals surface area (Å²) in [5, 5.41) is 3.51. The monoisotopic (exact) mass is 265 g/mol. The summed E-state index contributed by atoms with van der Waals surface area (Å²) < 4.78 is 0. The number of nitrogens with one attached hydrogen (secondary N) is 1. The van der Waals surface area contributed by atoms with Crippen LogP contribution in [0.2, 0.25) is 0 Å². The fourth-order valence-electron chi connectivity index (χ4n) is 3.61. The molecule has 1 aromatic carbocycles. The highest BCUT2D eigenvalue weighted by atomic mass is 15.2.